The summed E-state index contributed by atoms with van der Waals surface area (Å²) in [5, 5.41) is 3.06. The molecule has 22 heavy (non-hydrogen) atoms. The molecule has 1 saturated carbocycles. The quantitative estimate of drug-likeness (QED) is 0.914. The summed E-state index contributed by atoms with van der Waals surface area (Å²) in [6, 6.07) is 10.1. The van der Waals surface area contributed by atoms with Crippen molar-refractivity contribution in [2.45, 2.75) is 38.3 Å². The van der Waals surface area contributed by atoms with Gasteiger partial charge in [-0.05, 0) is 55.5 Å². The molecule has 4 heteroatoms. The van der Waals surface area contributed by atoms with Gasteiger partial charge in [0.25, 0.3) is 5.91 Å². The van der Waals surface area contributed by atoms with Gasteiger partial charge in [0.1, 0.15) is 0 Å². The number of nitrogens with zero attached hydrogens (tertiary/aromatic N) is 1. The van der Waals surface area contributed by atoms with Crippen molar-refractivity contribution in [1.29, 1.82) is 0 Å². The highest BCUT2D eigenvalue weighted by molar-refractivity contribution is 5.94. The van der Waals surface area contributed by atoms with Gasteiger partial charge < -0.3 is 11.1 Å². The van der Waals surface area contributed by atoms with E-state index in [1.165, 1.54) is 5.56 Å². The van der Waals surface area contributed by atoms with E-state index in [0.29, 0.717) is 5.56 Å². The van der Waals surface area contributed by atoms with Crippen molar-refractivity contribution < 1.29 is 4.79 Å². The van der Waals surface area contributed by atoms with E-state index in [9.17, 15) is 4.79 Å². The number of carbonyl (C=O) groups is 1. The molecule has 0 saturated heterocycles. The predicted octanol–water partition coefficient (Wildman–Crippen LogP) is 2.67. The molecule has 2 atom stereocenters. The average molecular weight is 295 g/mol. The van der Waals surface area contributed by atoms with E-state index in [-0.39, 0.29) is 18.0 Å². The maximum absolute atomic E-state index is 12.3. The minimum absolute atomic E-state index is 0.0199. The SMILES string of the molecule is Cc1ccncc1-c1ccc(C(=O)N[C@H]2CC[C@@H](N)C2)cc1. The van der Waals surface area contributed by atoms with E-state index in [0.717, 1.165) is 30.4 Å². The van der Waals surface area contributed by atoms with Crippen LogP contribution in [-0.2, 0) is 0 Å². The molecule has 114 valence electrons. The number of aromatic nitrogens is 1. The van der Waals surface area contributed by atoms with Crippen LogP contribution in [0.4, 0.5) is 0 Å². The standard InChI is InChI=1S/C18H21N3O/c1-12-8-9-20-11-17(12)13-2-4-14(5-3-13)18(22)21-16-7-6-15(19)10-16/h2-5,8-9,11,15-16H,6-7,10,19H2,1H3,(H,21,22)/t15-,16+/m1/s1. The number of benzene rings is 1. The molecule has 1 amide bonds. The summed E-state index contributed by atoms with van der Waals surface area (Å²) in [7, 11) is 0. The van der Waals surface area contributed by atoms with Crippen molar-refractivity contribution in [2.75, 3.05) is 0 Å². The van der Waals surface area contributed by atoms with Gasteiger partial charge in [-0.2, -0.15) is 0 Å². The molecule has 0 bridgehead atoms. The number of hydrogen-bond acceptors (Lipinski definition) is 3. The van der Waals surface area contributed by atoms with Crippen molar-refractivity contribution in [3.05, 3.63) is 53.9 Å². The van der Waals surface area contributed by atoms with Crippen LogP contribution >= 0.6 is 0 Å². The Morgan fingerprint density at radius 2 is 2.00 bits per heavy atom. The summed E-state index contributed by atoms with van der Waals surface area (Å²) < 4.78 is 0. The molecule has 1 aromatic heterocycles. The monoisotopic (exact) mass is 295 g/mol. The van der Waals surface area contributed by atoms with Crippen LogP contribution in [0.15, 0.2) is 42.7 Å². The molecule has 1 aromatic carbocycles. The van der Waals surface area contributed by atoms with Gasteiger partial charge >= 0.3 is 0 Å². The molecular formula is C18H21N3O. The molecule has 0 radical (unpaired) electrons. The Kier molecular flexibility index (Phi) is 4.20. The van der Waals surface area contributed by atoms with E-state index in [1.54, 1.807) is 6.20 Å². The molecule has 1 fully saturated rings. The summed E-state index contributed by atoms with van der Waals surface area (Å²) in [6.07, 6.45) is 6.47. The second-order valence-corrected chi connectivity index (χ2v) is 6.01. The molecule has 0 unspecified atom stereocenters. The summed E-state index contributed by atoms with van der Waals surface area (Å²) in [6.45, 7) is 2.06. The normalized spacial score (nSPS) is 20.8. The fourth-order valence-electron chi connectivity index (χ4n) is 2.98. The van der Waals surface area contributed by atoms with Crippen molar-refractivity contribution in [3.63, 3.8) is 0 Å². The van der Waals surface area contributed by atoms with Crippen LogP contribution in [-0.4, -0.2) is 23.0 Å². The number of rotatable bonds is 3. The third-order valence-corrected chi connectivity index (χ3v) is 4.31. The first-order chi connectivity index (χ1) is 10.6. The molecule has 3 rings (SSSR count). The molecular weight excluding hydrogens is 274 g/mol. The minimum Gasteiger partial charge on any atom is -0.349 e. The van der Waals surface area contributed by atoms with Crippen molar-refractivity contribution in [1.82, 2.24) is 10.3 Å². The van der Waals surface area contributed by atoms with Gasteiger partial charge in [-0.25, -0.2) is 0 Å². The fourth-order valence-corrected chi connectivity index (χ4v) is 2.98. The van der Waals surface area contributed by atoms with E-state index >= 15 is 0 Å². The number of aryl methyl sites for hydroxylation is 1. The van der Waals surface area contributed by atoms with Crippen LogP contribution in [0.5, 0.6) is 0 Å². The van der Waals surface area contributed by atoms with Crippen molar-refractivity contribution in [2.24, 2.45) is 5.73 Å². The highest BCUT2D eigenvalue weighted by Crippen LogP contribution is 2.23. The second kappa shape index (κ2) is 6.28. The first kappa shape index (κ1) is 14.7. The van der Waals surface area contributed by atoms with E-state index in [4.69, 9.17) is 5.73 Å². The largest absolute Gasteiger partial charge is 0.349 e. The number of amides is 1. The second-order valence-electron chi connectivity index (χ2n) is 6.01. The summed E-state index contributed by atoms with van der Waals surface area (Å²) in [5.41, 5.74) is 9.91. The third kappa shape index (κ3) is 3.17. The van der Waals surface area contributed by atoms with E-state index < -0.39 is 0 Å². The molecule has 1 aliphatic rings. The van der Waals surface area contributed by atoms with E-state index in [1.807, 2.05) is 36.5 Å². The molecule has 1 aliphatic carbocycles. The summed E-state index contributed by atoms with van der Waals surface area (Å²) in [5.74, 6) is -0.0199. The van der Waals surface area contributed by atoms with Gasteiger partial charge in [0, 0.05) is 35.6 Å². The molecule has 4 nitrogen and oxygen atoms in total. The maximum Gasteiger partial charge on any atom is 0.251 e. The molecule has 2 aromatic rings. The highest BCUT2D eigenvalue weighted by atomic mass is 16.1. The Morgan fingerprint density at radius 3 is 2.64 bits per heavy atom. The Labute approximate surface area is 130 Å². The number of pyridine rings is 1. The van der Waals surface area contributed by atoms with Crippen LogP contribution in [0.25, 0.3) is 11.1 Å². The topological polar surface area (TPSA) is 68.0 Å². The average Bonchev–Trinajstić information content (AvgIpc) is 2.93. The van der Waals surface area contributed by atoms with Crippen molar-refractivity contribution >= 4 is 5.91 Å². The molecule has 3 N–H and O–H groups in total. The lowest BCUT2D eigenvalue weighted by atomic mass is 10.0. The van der Waals surface area contributed by atoms with Crippen LogP contribution in [0.1, 0.15) is 35.2 Å². The van der Waals surface area contributed by atoms with Gasteiger partial charge in [-0.3, -0.25) is 9.78 Å². The predicted molar refractivity (Wildman–Crippen MR) is 87.5 cm³/mol. The lowest BCUT2D eigenvalue weighted by Gasteiger charge is -2.13. The first-order valence-corrected chi connectivity index (χ1v) is 7.71. The van der Waals surface area contributed by atoms with Crippen LogP contribution in [0.3, 0.4) is 0 Å². The molecule has 0 spiro atoms. The van der Waals surface area contributed by atoms with Crippen LogP contribution < -0.4 is 11.1 Å². The maximum atomic E-state index is 12.3. The van der Waals surface area contributed by atoms with Crippen molar-refractivity contribution in [3.8, 4) is 11.1 Å². The fraction of sp³-hybridized carbons (Fsp3) is 0.333. The van der Waals surface area contributed by atoms with Gasteiger partial charge in [0.15, 0.2) is 0 Å². The van der Waals surface area contributed by atoms with Gasteiger partial charge in [-0.1, -0.05) is 12.1 Å². The zero-order chi connectivity index (χ0) is 15.5. The number of carbonyl (C=O) groups excluding carboxylic acids is 1. The Hall–Kier alpha value is -2.20. The lowest BCUT2D eigenvalue weighted by Crippen LogP contribution is -2.33. The number of nitrogens with one attached hydrogen (secondary N) is 1. The smallest absolute Gasteiger partial charge is 0.251 e. The van der Waals surface area contributed by atoms with Crippen LogP contribution in [0, 0.1) is 6.92 Å². The summed E-state index contributed by atoms with van der Waals surface area (Å²) in [4.78, 5) is 16.4. The van der Waals surface area contributed by atoms with E-state index in [2.05, 4.69) is 17.2 Å². The van der Waals surface area contributed by atoms with Gasteiger partial charge in [0.05, 0.1) is 0 Å². The zero-order valence-corrected chi connectivity index (χ0v) is 12.8. The third-order valence-electron chi connectivity index (χ3n) is 4.31. The number of hydrogen-bond donors (Lipinski definition) is 2. The Balaban J connectivity index is 1.71. The number of nitrogens with two attached hydrogens (primary N) is 1. The van der Waals surface area contributed by atoms with Gasteiger partial charge in [0.2, 0.25) is 0 Å². The minimum atomic E-state index is -0.0199. The molecule has 0 aliphatic heterocycles. The summed E-state index contributed by atoms with van der Waals surface area (Å²) >= 11 is 0. The Morgan fingerprint density at radius 1 is 1.23 bits per heavy atom. The zero-order valence-electron chi connectivity index (χ0n) is 12.8. The highest BCUT2D eigenvalue weighted by Gasteiger charge is 2.23. The Bertz CT molecular complexity index is 666. The lowest BCUT2D eigenvalue weighted by molar-refractivity contribution is 0.0937. The molecule has 1 heterocycles. The van der Waals surface area contributed by atoms with Crippen LogP contribution in [0.2, 0.25) is 0 Å². The first-order valence-electron chi connectivity index (χ1n) is 7.71. The van der Waals surface area contributed by atoms with Gasteiger partial charge in [-0.15, -0.1) is 0 Å².